The molecule has 3 aromatic rings. The highest BCUT2D eigenvalue weighted by Crippen LogP contribution is 2.34. The topological polar surface area (TPSA) is 58.6 Å². The number of hydrogen-bond acceptors (Lipinski definition) is 4. The van der Waals surface area contributed by atoms with Gasteiger partial charge in [0.1, 0.15) is 11.4 Å². The van der Waals surface area contributed by atoms with Crippen molar-refractivity contribution < 1.29 is 14.3 Å². The second-order valence-corrected chi connectivity index (χ2v) is 6.76. The molecule has 1 aliphatic rings. The fraction of sp³-hybridized carbons (Fsp3) is 0.0833. The number of imide groups is 1. The van der Waals surface area contributed by atoms with Gasteiger partial charge in [0.25, 0.3) is 11.8 Å². The highest BCUT2D eigenvalue weighted by molar-refractivity contribution is 6.46. The van der Waals surface area contributed by atoms with Crippen LogP contribution in [0.25, 0.3) is 5.57 Å². The van der Waals surface area contributed by atoms with Gasteiger partial charge in [-0.1, -0.05) is 48.5 Å². The van der Waals surface area contributed by atoms with Crippen LogP contribution in [0, 0.1) is 6.92 Å². The number of carbonyl (C=O) groups excluding carboxylic acids is 2. The first-order chi connectivity index (χ1) is 14.1. The summed E-state index contributed by atoms with van der Waals surface area (Å²) in [6.07, 6.45) is 0. The Labute approximate surface area is 169 Å². The van der Waals surface area contributed by atoms with Crippen LogP contribution in [0.3, 0.4) is 0 Å². The first-order valence-corrected chi connectivity index (χ1v) is 9.24. The maximum atomic E-state index is 13.4. The van der Waals surface area contributed by atoms with Crippen LogP contribution in [-0.4, -0.2) is 18.9 Å². The lowest BCUT2D eigenvalue weighted by Crippen LogP contribution is -2.32. The van der Waals surface area contributed by atoms with Crippen molar-refractivity contribution in [1.29, 1.82) is 0 Å². The molecule has 5 nitrogen and oxygen atoms in total. The Kier molecular flexibility index (Phi) is 4.87. The predicted octanol–water partition coefficient (Wildman–Crippen LogP) is 4.40. The minimum absolute atomic E-state index is 0.259. The number of anilines is 2. The van der Waals surface area contributed by atoms with Crippen molar-refractivity contribution in [3.63, 3.8) is 0 Å². The standard InChI is InChI=1S/C24H20N2O3/c1-16-8-6-11-18(14-16)25-22-21(17-9-4-3-5-10-17)23(27)26(24(22)28)19-12-7-13-20(15-19)29-2/h3-15,25H,1-2H3. The number of nitrogens with one attached hydrogen (secondary N) is 1. The summed E-state index contributed by atoms with van der Waals surface area (Å²) in [6.45, 7) is 1.97. The Bertz CT molecular complexity index is 1120. The molecule has 3 aromatic carbocycles. The molecule has 0 bridgehead atoms. The quantitative estimate of drug-likeness (QED) is 0.663. The Hall–Kier alpha value is -3.86. The molecule has 29 heavy (non-hydrogen) atoms. The Morgan fingerprint density at radius 3 is 2.31 bits per heavy atom. The van der Waals surface area contributed by atoms with Crippen molar-refractivity contribution in [1.82, 2.24) is 0 Å². The van der Waals surface area contributed by atoms with Crippen LogP contribution < -0.4 is 15.0 Å². The number of rotatable bonds is 5. The molecule has 4 rings (SSSR count). The van der Waals surface area contributed by atoms with Crippen LogP contribution in [0.5, 0.6) is 5.75 Å². The number of methoxy groups -OCH3 is 1. The van der Waals surface area contributed by atoms with Gasteiger partial charge in [0.2, 0.25) is 0 Å². The third kappa shape index (κ3) is 3.50. The van der Waals surface area contributed by atoms with Crippen molar-refractivity contribution >= 4 is 28.8 Å². The minimum Gasteiger partial charge on any atom is -0.497 e. The van der Waals surface area contributed by atoms with Crippen LogP contribution in [-0.2, 0) is 9.59 Å². The fourth-order valence-corrected chi connectivity index (χ4v) is 3.37. The fourth-order valence-electron chi connectivity index (χ4n) is 3.37. The zero-order valence-corrected chi connectivity index (χ0v) is 16.2. The summed E-state index contributed by atoms with van der Waals surface area (Å²) in [5.74, 6) is -0.197. The average molecular weight is 384 g/mol. The molecule has 1 heterocycles. The lowest BCUT2D eigenvalue weighted by molar-refractivity contribution is -0.120. The summed E-state index contributed by atoms with van der Waals surface area (Å²) in [7, 11) is 1.55. The second-order valence-electron chi connectivity index (χ2n) is 6.76. The first kappa shape index (κ1) is 18.5. The van der Waals surface area contributed by atoms with E-state index in [0.29, 0.717) is 22.6 Å². The summed E-state index contributed by atoms with van der Waals surface area (Å²) >= 11 is 0. The van der Waals surface area contributed by atoms with E-state index < -0.39 is 5.91 Å². The number of hydrogen-bond donors (Lipinski definition) is 1. The zero-order valence-electron chi connectivity index (χ0n) is 16.2. The molecule has 0 saturated heterocycles. The SMILES string of the molecule is COc1cccc(N2C(=O)C(Nc3cccc(C)c3)=C(c3ccccc3)C2=O)c1. The van der Waals surface area contributed by atoms with E-state index in [2.05, 4.69) is 5.32 Å². The van der Waals surface area contributed by atoms with Gasteiger partial charge in [0.05, 0.1) is 18.4 Å². The number of ether oxygens (including phenoxy) is 1. The van der Waals surface area contributed by atoms with Crippen LogP contribution in [0.1, 0.15) is 11.1 Å². The summed E-state index contributed by atoms with van der Waals surface area (Å²) in [4.78, 5) is 27.9. The number of aryl methyl sites for hydroxylation is 1. The molecule has 0 unspecified atom stereocenters. The summed E-state index contributed by atoms with van der Waals surface area (Å²) in [5.41, 5.74) is 3.56. The van der Waals surface area contributed by atoms with Crippen LogP contribution in [0.4, 0.5) is 11.4 Å². The molecule has 2 amide bonds. The molecular weight excluding hydrogens is 364 g/mol. The molecule has 0 aliphatic carbocycles. The minimum atomic E-state index is -0.399. The molecule has 0 saturated carbocycles. The number of carbonyl (C=O) groups is 2. The van der Waals surface area contributed by atoms with E-state index in [0.717, 1.165) is 11.3 Å². The normalized spacial score (nSPS) is 13.8. The van der Waals surface area contributed by atoms with E-state index in [-0.39, 0.29) is 11.6 Å². The third-order valence-electron chi connectivity index (χ3n) is 4.75. The molecule has 5 heteroatoms. The van der Waals surface area contributed by atoms with Gasteiger partial charge in [-0.3, -0.25) is 9.59 Å². The maximum Gasteiger partial charge on any atom is 0.282 e. The molecule has 1 aliphatic heterocycles. The van der Waals surface area contributed by atoms with Crippen LogP contribution in [0.15, 0.2) is 84.6 Å². The van der Waals surface area contributed by atoms with Crippen molar-refractivity contribution in [2.24, 2.45) is 0 Å². The van der Waals surface area contributed by atoms with Gasteiger partial charge in [-0.05, 0) is 42.3 Å². The molecule has 0 spiro atoms. The van der Waals surface area contributed by atoms with Crippen LogP contribution >= 0.6 is 0 Å². The van der Waals surface area contributed by atoms with Gasteiger partial charge in [-0.2, -0.15) is 0 Å². The largest absolute Gasteiger partial charge is 0.497 e. The maximum absolute atomic E-state index is 13.4. The van der Waals surface area contributed by atoms with Crippen molar-refractivity contribution in [2.75, 3.05) is 17.3 Å². The Morgan fingerprint density at radius 2 is 1.59 bits per heavy atom. The van der Waals surface area contributed by atoms with Gasteiger partial charge >= 0.3 is 0 Å². The monoisotopic (exact) mass is 384 g/mol. The molecule has 0 fully saturated rings. The van der Waals surface area contributed by atoms with E-state index in [4.69, 9.17) is 4.74 Å². The first-order valence-electron chi connectivity index (χ1n) is 9.24. The van der Waals surface area contributed by atoms with Crippen molar-refractivity contribution in [3.8, 4) is 5.75 Å². The Balaban J connectivity index is 1.81. The summed E-state index contributed by atoms with van der Waals surface area (Å²) in [6, 6.07) is 23.8. The van der Waals surface area contributed by atoms with Gasteiger partial charge in [-0.25, -0.2) is 4.90 Å². The second kappa shape index (κ2) is 7.64. The molecular formula is C24H20N2O3. The zero-order chi connectivity index (χ0) is 20.4. The number of benzene rings is 3. The number of amides is 2. The molecule has 0 radical (unpaired) electrons. The lowest BCUT2D eigenvalue weighted by Gasteiger charge is -2.16. The lowest BCUT2D eigenvalue weighted by atomic mass is 10.0. The van der Waals surface area contributed by atoms with E-state index in [1.54, 1.807) is 31.4 Å². The van der Waals surface area contributed by atoms with Crippen LogP contribution in [0.2, 0.25) is 0 Å². The summed E-state index contributed by atoms with van der Waals surface area (Å²) < 4.78 is 5.25. The third-order valence-corrected chi connectivity index (χ3v) is 4.75. The smallest absolute Gasteiger partial charge is 0.282 e. The van der Waals surface area contributed by atoms with Gasteiger partial charge in [-0.15, -0.1) is 0 Å². The molecule has 144 valence electrons. The molecule has 1 N–H and O–H groups in total. The number of nitrogens with zero attached hydrogens (tertiary/aromatic N) is 1. The highest BCUT2D eigenvalue weighted by atomic mass is 16.5. The van der Waals surface area contributed by atoms with Gasteiger partial charge in [0, 0.05) is 11.8 Å². The Morgan fingerprint density at radius 1 is 0.828 bits per heavy atom. The van der Waals surface area contributed by atoms with Crippen molar-refractivity contribution in [2.45, 2.75) is 6.92 Å². The van der Waals surface area contributed by atoms with E-state index in [1.807, 2.05) is 61.5 Å². The van der Waals surface area contributed by atoms with Gasteiger partial charge < -0.3 is 10.1 Å². The van der Waals surface area contributed by atoms with Gasteiger partial charge in [0.15, 0.2) is 0 Å². The predicted molar refractivity (Wildman–Crippen MR) is 114 cm³/mol. The van der Waals surface area contributed by atoms with E-state index in [1.165, 1.54) is 4.90 Å². The van der Waals surface area contributed by atoms with Crippen molar-refractivity contribution in [3.05, 3.63) is 95.7 Å². The average Bonchev–Trinajstić information content (AvgIpc) is 2.98. The van der Waals surface area contributed by atoms with E-state index in [9.17, 15) is 9.59 Å². The van der Waals surface area contributed by atoms with E-state index >= 15 is 0 Å². The highest BCUT2D eigenvalue weighted by Gasteiger charge is 2.40. The molecule has 0 atom stereocenters. The molecule has 0 aromatic heterocycles. The summed E-state index contributed by atoms with van der Waals surface area (Å²) in [5, 5.41) is 3.18.